The van der Waals surface area contributed by atoms with Crippen LogP contribution in [0.2, 0.25) is 0 Å². The normalized spacial score (nSPS) is 12.0. The van der Waals surface area contributed by atoms with Gasteiger partial charge in [0.15, 0.2) is 0 Å². The van der Waals surface area contributed by atoms with Gasteiger partial charge in [-0.15, -0.1) is 0 Å². The van der Waals surface area contributed by atoms with Crippen LogP contribution in [0.4, 0.5) is 0 Å². The van der Waals surface area contributed by atoms with Crippen LogP contribution in [0.5, 0.6) is 0 Å². The Balaban J connectivity index is 2.04. The van der Waals surface area contributed by atoms with Crippen LogP contribution in [-0.2, 0) is 0 Å². The van der Waals surface area contributed by atoms with Gasteiger partial charge in [0, 0.05) is 11.3 Å². The van der Waals surface area contributed by atoms with Gasteiger partial charge < -0.3 is 0 Å². The number of aromatic amines is 1. The van der Waals surface area contributed by atoms with Gasteiger partial charge >= 0.3 is 0 Å². The number of nitrogens with one attached hydrogen (secondary N) is 1. The first-order valence-corrected chi connectivity index (χ1v) is 9.33. The summed E-state index contributed by atoms with van der Waals surface area (Å²) in [7, 11) is 0. The maximum Gasteiger partial charge on any atom is 0.278 e. The molecule has 0 aliphatic carbocycles. The zero-order valence-corrected chi connectivity index (χ0v) is 16.7. The summed E-state index contributed by atoms with van der Waals surface area (Å²) in [5.74, 6) is 0. The molecule has 6 nitrogen and oxygen atoms in total. The van der Waals surface area contributed by atoms with Crippen molar-refractivity contribution < 1.29 is 0 Å². The van der Waals surface area contributed by atoms with Gasteiger partial charge in [-0.05, 0) is 36.8 Å². The highest BCUT2D eigenvalue weighted by Gasteiger charge is 2.14. The lowest BCUT2D eigenvalue weighted by molar-refractivity contribution is 0.835. The molecule has 1 aromatic heterocycles. The maximum atomic E-state index is 12.8. The minimum Gasteiger partial charge on any atom is -0.295 e. The third-order valence-electron chi connectivity index (χ3n) is 4.56. The SMILES string of the molecule is [C-]#[N+]\C(C#N)=C(/C(C#N)=C/C=C/c1c(C)[nH]n(-c2ccccc2)c1=O)c1ccccc1. The van der Waals surface area contributed by atoms with Crippen LogP contribution in [-0.4, -0.2) is 9.78 Å². The molecular formula is C25H17N5O. The van der Waals surface area contributed by atoms with E-state index in [1.807, 2.05) is 42.5 Å². The molecule has 148 valence electrons. The van der Waals surface area contributed by atoms with Gasteiger partial charge in [-0.2, -0.15) is 5.26 Å². The van der Waals surface area contributed by atoms with Crippen molar-refractivity contribution in [2.45, 2.75) is 6.92 Å². The lowest BCUT2D eigenvalue weighted by Gasteiger charge is -2.06. The van der Waals surface area contributed by atoms with Gasteiger partial charge in [-0.3, -0.25) is 9.89 Å². The quantitative estimate of drug-likeness (QED) is 0.377. The number of rotatable bonds is 5. The summed E-state index contributed by atoms with van der Waals surface area (Å²) in [5, 5.41) is 22.1. The van der Waals surface area contributed by atoms with E-state index in [-0.39, 0.29) is 22.4 Å². The Bertz CT molecular complexity index is 1350. The van der Waals surface area contributed by atoms with Crippen LogP contribution in [0.25, 0.3) is 22.2 Å². The number of benzene rings is 2. The first-order valence-electron chi connectivity index (χ1n) is 9.33. The lowest BCUT2D eigenvalue weighted by Crippen LogP contribution is -2.15. The minimum atomic E-state index is -0.218. The Morgan fingerprint density at radius 1 is 1.06 bits per heavy atom. The second kappa shape index (κ2) is 9.56. The summed E-state index contributed by atoms with van der Waals surface area (Å²) in [6.07, 6.45) is 4.69. The van der Waals surface area contributed by atoms with Crippen LogP contribution < -0.4 is 5.56 Å². The molecule has 0 saturated carbocycles. The molecule has 0 fully saturated rings. The van der Waals surface area contributed by atoms with E-state index < -0.39 is 0 Å². The van der Waals surface area contributed by atoms with E-state index in [4.69, 9.17) is 6.57 Å². The van der Waals surface area contributed by atoms with E-state index in [2.05, 4.69) is 16.0 Å². The van der Waals surface area contributed by atoms with Crippen molar-refractivity contribution in [2.24, 2.45) is 0 Å². The number of allylic oxidation sites excluding steroid dienone is 5. The fourth-order valence-corrected chi connectivity index (χ4v) is 3.09. The summed E-state index contributed by atoms with van der Waals surface area (Å²) < 4.78 is 1.45. The van der Waals surface area contributed by atoms with Crippen molar-refractivity contribution in [3.63, 3.8) is 0 Å². The van der Waals surface area contributed by atoms with Crippen LogP contribution >= 0.6 is 0 Å². The molecule has 1 N–H and O–H groups in total. The molecule has 3 rings (SSSR count). The summed E-state index contributed by atoms with van der Waals surface area (Å²) in [5.41, 5.74) is 2.47. The van der Waals surface area contributed by atoms with E-state index >= 15 is 0 Å². The van der Waals surface area contributed by atoms with Gasteiger partial charge in [-0.25, -0.2) is 14.8 Å². The minimum absolute atomic E-state index is 0.159. The van der Waals surface area contributed by atoms with Gasteiger partial charge in [0.25, 0.3) is 11.3 Å². The number of aryl methyl sites for hydroxylation is 1. The van der Waals surface area contributed by atoms with Crippen molar-refractivity contribution in [2.75, 3.05) is 0 Å². The average molecular weight is 403 g/mol. The molecule has 0 unspecified atom stereocenters. The van der Waals surface area contributed by atoms with Crippen molar-refractivity contribution in [1.29, 1.82) is 10.5 Å². The Hall–Kier alpha value is -4.86. The predicted molar refractivity (Wildman–Crippen MR) is 119 cm³/mol. The summed E-state index contributed by atoms with van der Waals surface area (Å²) in [6, 6.07) is 22.0. The predicted octanol–water partition coefficient (Wildman–Crippen LogP) is 4.79. The second-order valence-corrected chi connectivity index (χ2v) is 6.49. The van der Waals surface area contributed by atoms with Crippen LogP contribution in [0, 0.1) is 36.2 Å². The standard InChI is InChI=1S/C25H17N5O/c1-18-22(25(31)30(29-18)21-13-7-4-8-14-21)15-9-12-20(16-26)24(23(17-27)28-2)19-10-5-3-6-11-19/h3-15,29H,1H3/b15-9+,20-12+,24-23-. The fraction of sp³-hybridized carbons (Fsp3) is 0.0400. The van der Waals surface area contributed by atoms with E-state index in [0.29, 0.717) is 22.5 Å². The molecule has 0 aliphatic heterocycles. The molecule has 0 aliphatic rings. The summed E-state index contributed by atoms with van der Waals surface area (Å²) in [6.45, 7) is 9.09. The third-order valence-corrected chi connectivity index (χ3v) is 4.56. The van der Waals surface area contributed by atoms with Gasteiger partial charge in [0.2, 0.25) is 0 Å². The molecule has 0 atom stereocenters. The second-order valence-electron chi connectivity index (χ2n) is 6.49. The molecule has 6 heteroatoms. The van der Waals surface area contributed by atoms with Crippen molar-refractivity contribution in [3.8, 4) is 17.8 Å². The average Bonchev–Trinajstić information content (AvgIpc) is 3.10. The Labute approximate surface area is 179 Å². The first kappa shape index (κ1) is 20.9. The number of para-hydroxylation sites is 1. The highest BCUT2D eigenvalue weighted by molar-refractivity contribution is 5.88. The number of nitriles is 2. The Morgan fingerprint density at radius 2 is 1.71 bits per heavy atom. The van der Waals surface area contributed by atoms with Gasteiger partial charge in [0.1, 0.15) is 0 Å². The number of H-pyrrole nitrogens is 1. The Morgan fingerprint density at radius 3 is 2.29 bits per heavy atom. The molecule has 3 aromatic rings. The largest absolute Gasteiger partial charge is 0.295 e. The third kappa shape index (κ3) is 4.43. The molecule has 31 heavy (non-hydrogen) atoms. The maximum absolute atomic E-state index is 12.8. The highest BCUT2D eigenvalue weighted by Crippen LogP contribution is 2.27. The number of aromatic nitrogens is 2. The monoisotopic (exact) mass is 403 g/mol. The Kier molecular flexibility index (Phi) is 6.44. The molecule has 0 saturated heterocycles. The molecule has 0 bridgehead atoms. The van der Waals surface area contributed by atoms with Crippen molar-refractivity contribution in [1.82, 2.24) is 9.78 Å². The molecule has 1 heterocycles. The lowest BCUT2D eigenvalue weighted by atomic mass is 9.96. The molecular weight excluding hydrogens is 386 g/mol. The van der Waals surface area contributed by atoms with Crippen molar-refractivity contribution in [3.05, 3.63) is 123 Å². The van der Waals surface area contributed by atoms with E-state index in [9.17, 15) is 15.3 Å². The van der Waals surface area contributed by atoms with Gasteiger partial charge in [-0.1, -0.05) is 54.6 Å². The summed E-state index contributed by atoms with van der Waals surface area (Å²) >= 11 is 0. The molecule has 0 spiro atoms. The van der Waals surface area contributed by atoms with E-state index in [1.54, 1.807) is 43.3 Å². The zero-order valence-electron chi connectivity index (χ0n) is 16.7. The number of hydrogen-bond acceptors (Lipinski definition) is 3. The topological polar surface area (TPSA) is 89.7 Å². The van der Waals surface area contributed by atoms with E-state index in [0.717, 1.165) is 0 Å². The first-order chi connectivity index (χ1) is 15.1. The van der Waals surface area contributed by atoms with Crippen molar-refractivity contribution >= 4 is 11.6 Å². The molecule has 2 aromatic carbocycles. The van der Waals surface area contributed by atoms with Crippen LogP contribution in [0.3, 0.4) is 0 Å². The fourth-order valence-electron chi connectivity index (χ4n) is 3.09. The van der Waals surface area contributed by atoms with Crippen LogP contribution in [0.1, 0.15) is 16.8 Å². The highest BCUT2D eigenvalue weighted by atomic mass is 16.1. The van der Waals surface area contributed by atoms with Crippen LogP contribution in [0.15, 0.2) is 88.9 Å². The van der Waals surface area contributed by atoms with Gasteiger partial charge in [0.05, 0.1) is 35.5 Å². The number of nitrogens with zero attached hydrogens (tertiary/aromatic N) is 4. The number of hydrogen-bond donors (Lipinski definition) is 1. The zero-order chi connectivity index (χ0) is 22.2. The summed E-state index contributed by atoms with van der Waals surface area (Å²) in [4.78, 5) is 16.1. The smallest absolute Gasteiger partial charge is 0.278 e. The molecule has 0 radical (unpaired) electrons. The van der Waals surface area contributed by atoms with E-state index in [1.165, 1.54) is 10.8 Å². The molecule has 0 amide bonds.